The van der Waals surface area contributed by atoms with E-state index in [-0.39, 0.29) is 0 Å². The number of aromatic nitrogens is 2. The molecule has 0 amide bonds. The van der Waals surface area contributed by atoms with Gasteiger partial charge >= 0.3 is 0 Å². The van der Waals surface area contributed by atoms with E-state index in [2.05, 4.69) is 41.4 Å². The van der Waals surface area contributed by atoms with Crippen molar-refractivity contribution in [3.8, 4) is 17.0 Å². The van der Waals surface area contributed by atoms with Crippen LogP contribution in [0.5, 0.6) is 5.75 Å². The quantitative estimate of drug-likeness (QED) is 0.651. The van der Waals surface area contributed by atoms with Crippen molar-refractivity contribution in [3.63, 3.8) is 0 Å². The average molecular weight is 258 g/mol. The largest absolute Gasteiger partial charge is 0.496 e. The Kier molecular flexibility index (Phi) is 3.97. The molecule has 3 N–H and O–H groups in total. The highest BCUT2D eigenvalue weighted by atomic mass is 16.5. The number of anilines is 1. The van der Waals surface area contributed by atoms with Crippen LogP contribution in [0, 0.1) is 0 Å². The first-order chi connectivity index (χ1) is 9.15. The minimum atomic E-state index is 0.384. The molecular formula is C14H18N4O. The van der Waals surface area contributed by atoms with E-state index in [1.54, 1.807) is 13.3 Å². The molecule has 0 unspecified atom stereocenters. The van der Waals surface area contributed by atoms with E-state index in [4.69, 9.17) is 10.6 Å². The number of hydrazine groups is 1. The van der Waals surface area contributed by atoms with E-state index in [0.29, 0.717) is 11.9 Å². The van der Waals surface area contributed by atoms with Gasteiger partial charge in [0.25, 0.3) is 0 Å². The molecule has 19 heavy (non-hydrogen) atoms. The first-order valence-electron chi connectivity index (χ1n) is 6.13. The van der Waals surface area contributed by atoms with Crippen molar-refractivity contribution >= 4 is 5.95 Å². The van der Waals surface area contributed by atoms with Crippen LogP contribution in [-0.2, 0) is 0 Å². The molecule has 0 aliphatic heterocycles. The van der Waals surface area contributed by atoms with Gasteiger partial charge in [0.1, 0.15) is 5.75 Å². The first kappa shape index (κ1) is 13.3. The van der Waals surface area contributed by atoms with Gasteiger partial charge in [0.2, 0.25) is 5.95 Å². The number of nitrogens with zero attached hydrogens (tertiary/aromatic N) is 2. The zero-order valence-corrected chi connectivity index (χ0v) is 11.3. The lowest BCUT2D eigenvalue weighted by atomic mass is 9.99. The van der Waals surface area contributed by atoms with Crippen LogP contribution in [0.1, 0.15) is 25.3 Å². The van der Waals surface area contributed by atoms with Crippen LogP contribution in [0.15, 0.2) is 30.5 Å². The molecule has 5 nitrogen and oxygen atoms in total. The Morgan fingerprint density at radius 1 is 1.26 bits per heavy atom. The second kappa shape index (κ2) is 5.67. The smallest absolute Gasteiger partial charge is 0.237 e. The van der Waals surface area contributed by atoms with Crippen molar-refractivity contribution in [2.45, 2.75) is 19.8 Å². The van der Waals surface area contributed by atoms with E-state index in [0.717, 1.165) is 17.0 Å². The van der Waals surface area contributed by atoms with Crippen LogP contribution in [-0.4, -0.2) is 17.1 Å². The number of hydrogen-bond donors (Lipinski definition) is 2. The molecule has 1 aromatic carbocycles. The molecule has 5 heteroatoms. The van der Waals surface area contributed by atoms with E-state index < -0.39 is 0 Å². The summed E-state index contributed by atoms with van der Waals surface area (Å²) in [5.74, 6) is 6.95. The molecule has 100 valence electrons. The van der Waals surface area contributed by atoms with Crippen LogP contribution in [0.3, 0.4) is 0 Å². The molecule has 1 heterocycles. The Hall–Kier alpha value is -2.14. The van der Waals surface area contributed by atoms with Gasteiger partial charge in [-0.05, 0) is 29.7 Å². The highest BCUT2D eigenvalue weighted by Gasteiger charge is 2.11. The van der Waals surface area contributed by atoms with Crippen LogP contribution >= 0.6 is 0 Å². The molecule has 0 saturated heterocycles. The van der Waals surface area contributed by atoms with Crippen molar-refractivity contribution < 1.29 is 4.74 Å². The molecule has 0 atom stereocenters. The zero-order chi connectivity index (χ0) is 13.8. The topological polar surface area (TPSA) is 73.1 Å². The SMILES string of the molecule is COc1ccc(C(C)C)cc1-c1ccnc(NN)n1. The predicted octanol–water partition coefficient (Wildman–Crippen LogP) is 2.56. The maximum absolute atomic E-state index is 5.40. The molecular weight excluding hydrogens is 240 g/mol. The fourth-order valence-electron chi connectivity index (χ4n) is 1.86. The highest BCUT2D eigenvalue weighted by Crippen LogP contribution is 2.31. The summed E-state index contributed by atoms with van der Waals surface area (Å²) in [6.07, 6.45) is 1.67. The van der Waals surface area contributed by atoms with Gasteiger partial charge in [-0.1, -0.05) is 19.9 Å². The summed E-state index contributed by atoms with van der Waals surface area (Å²) in [6, 6.07) is 7.95. The van der Waals surface area contributed by atoms with Crippen LogP contribution < -0.4 is 16.0 Å². The van der Waals surface area contributed by atoms with Crippen LogP contribution in [0.2, 0.25) is 0 Å². The Bertz CT molecular complexity index is 569. The fraction of sp³-hybridized carbons (Fsp3) is 0.286. The Morgan fingerprint density at radius 2 is 2.05 bits per heavy atom. The second-order valence-corrected chi connectivity index (χ2v) is 4.52. The summed E-state index contributed by atoms with van der Waals surface area (Å²) < 4.78 is 5.40. The number of hydrogen-bond acceptors (Lipinski definition) is 5. The number of nitrogens with two attached hydrogens (primary N) is 1. The van der Waals surface area contributed by atoms with E-state index in [1.165, 1.54) is 5.56 Å². The average Bonchev–Trinajstić information content (AvgIpc) is 2.46. The molecule has 0 aliphatic carbocycles. The van der Waals surface area contributed by atoms with Gasteiger partial charge in [-0.15, -0.1) is 0 Å². The van der Waals surface area contributed by atoms with Gasteiger partial charge in [-0.2, -0.15) is 0 Å². The van der Waals surface area contributed by atoms with Crippen molar-refractivity contribution in [2.24, 2.45) is 5.84 Å². The number of benzene rings is 1. The lowest BCUT2D eigenvalue weighted by Gasteiger charge is -2.12. The molecule has 2 aromatic rings. The van der Waals surface area contributed by atoms with Gasteiger partial charge in [-0.3, -0.25) is 5.43 Å². The Labute approximate surface area is 112 Å². The second-order valence-electron chi connectivity index (χ2n) is 4.52. The molecule has 0 spiro atoms. The standard InChI is InChI=1S/C14H18N4O/c1-9(2)10-4-5-13(19-3)11(8-10)12-6-7-16-14(17-12)18-15/h4-9H,15H2,1-3H3,(H,16,17,18). The van der Waals surface area contributed by atoms with Crippen LogP contribution in [0.4, 0.5) is 5.95 Å². The fourth-order valence-corrected chi connectivity index (χ4v) is 1.86. The summed E-state index contributed by atoms with van der Waals surface area (Å²) in [4.78, 5) is 8.35. The van der Waals surface area contributed by atoms with Crippen molar-refractivity contribution in [1.29, 1.82) is 0 Å². The summed E-state index contributed by atoms with van der Waals surface area (Å²) in [7, 11) is 1.65. The van der Waals surface area contributed by atoms with Gasteiger partial charge in [0, 0.05) is 11.8 Å². The van der Waals surface area contributed by atoms with Crippen LogP contribution in [0.25, 0.3) is 11.3 Å². The summed E-state index contributed by atoms with van der Waals surface area (Å²) in [5, 5.41) is 0. The van der Waals surface area contributed by atoms with E-state index >= 15 is 0 Å². The lowest BCUT2D eigenvalue weighted by molar-refractivity contribution is 0.416. The summed E-state index contributed by atoms with van der Waals surface area (Å²) in [5.41, 5.74) is 5.40. The molecule has 0 radical (unpaired) electrons. The Morgan fingerprint density at radius 3 is 2.68 bits per heavy atom. The summed E-state index contributed by atoms with van der Waals surface area (Å²) in [6.45, 7) is 4.30. The van der Waals surface area contributed by atoms with E-state index in [1.807, 2.05) is 12.1 Å². The van der Waals surface area contributed by atoms with Gasteiger partial charge in [0.15, 0.2) is 0 Å². The molecule has 2 rings (SSSR count). The number of ether oxygens (including phenoxy) is 1. The lowest BCUT2D eigenvalue weighted by Crippen LogP contribution is -2.10. The number of nitrogens with one attached hydrogen (secondary N) is 1. The highest BCUT2D eigenvalue weighted by molar-refractivity contribution is 5.68. The number of methoxy groups -OCH3 is 1. The van der Waals surface area contributed by atoms with Gasteiger partial charge < -0.3 is 4.74 Å². The van der Waals surface area contributed by atoms with Crippen molar-refractivity contribution in [2.75, 3.05) is 12.5 Å². The third kappa shape index (κ3) is 2.82. The van der Waals surface area contributed by atoms with Crippen molar-refractivity contribution in [1.82, 2.24) is 9.97 Å². The normalized spacial score (nSPS) is 10.6. The third-order valence-corrected chi connectivity index (χ3v) is 2.95. The Balaban J connectivity index is 2.54. The van der Waals surface area contributed by atoms with Gasteiger partial charge in [-0.25, -0.2) is 15.8 Å². The minimum absolute atomic E-state index is 0.384. The number of nitrogen functional groups attached to an aromatic ring is 1. The maximum Gasteiger partial charge on any atom is 0.237 e. The molecule has 0 bridgehead atoms. The van der Waals surface area contributed by atoms with E-state index in [9.17, 15) is 0 Å². The predicted molar refractivity (Wildman–Crippen MR) is 75.9 cm³/mol. The van der Waals surface area contributed by atoms with Gasteiger partial charge in [0.05, 0.1) is 12.8 Å². The molecule has 0 saturated carbocycles. The van der Waals surface area contributed by atoms with Crippen molar-refractivity contribution in [3.05, 3.63) is 36.0 Å². The minimum Gasteiger partial charge on any atom is -0.496 e. The zero-order valence-electron chi connectivity index (χ0n) is 11.3. The molecule has 0 aliphatic rings. The monoisotopic (exact) mass is 258 g/mol. The number of rotatable bonds is 4. The third-order valence-electron chi connectivity index (χ3n) is 2.95. The maximum atomic E-state index is 5.40. The molecule has 1 aromatic heterocycles. The molecule has 0 fully saturated rings. The summed E-state index contributed by atoms with van der Waals surface area (Å²) >= 11 is 0. The first-order valence-corrected chi connectivity index (χ1v) is 6.13.